The SMILES string of the molecule is [Se]=P(c1ccccc1)(c1cnc2cc(-c3ccc4nc5c6c7ccccc7ccc6c6cc7ccccc7cc6n5c4c3)ccc2c1)c1cccc2ccccc12. The van der Waals surface area contributed by atoms with Crippen LogP contribution >= 0.6 is 5.51 Å². The molecule has 0 amide bonds. The fourth-order valence-electron chi connectivity index (χ4n) is 9.04. The Morgan fingerprint density at radius 1 is 0.421 bits per heavy atom. The molecule has 0 N–H and O–H groups in total. The molecule has 57 heavy (non-hydrogen) atoms. The Hall–Kier alpha value is -6.41. The summed E-state index contributed by atoms with van der Waals surface area (Å²) in [6.07, 6.45) is 2.10. The number of hydrogen-bond acceptors (Lipinski definition) is 2. The fourth-order valence-corrected chi connectivity index (χ4v) is 14.3. The number of imidazole rings is 1. The van der Waals surface area contributed by atoms with Crippen LogP contribution in [0.4, 0.5) is 0 Å². The first-order chi connectivity index (χ1) is 28.1. The van der Waals surface area contributed by atoms with Crippen LogP contribution in [0, 0.1) is 0 Å². The standard InChI is InChI=1S/C52H32N3PSe/c57-56(40-16-2-1-3-17-40,50-20-10-15-33-11-6-8-18-42(33)50)41-27-39-22-21-37(29-47(39)53-32-41)38-24-26-46-49(31-38)55-48-30-36-14-5-4-13-35(36)28-45(48)44-25-23-34-12-7-9-19-43(34)51(44)52(55)54-46/h1-32H. The summed E-state index contributed by atoms with van der Waals surface area (Å²) in [5.74, 6) is 0. The molecule has 3 heterocycles. The van der Waals surface area contributed by atoms with Crippen molar-refractivity contribution >= 4 is 118 Å². The summed E-state index contributed by atoms with van der Waals surface area (Å²) in [6.45, 7) is 0. The van der Waals surface area contributed by atoms with E-state index in [1.165, 1.54) is 64.4 Å². The number of hydrogen-bond donors (Lipinski definition) is 0. The van der Waals surface area contributed by atoms with E-state index in [0.717, 1.165) is 44.2 Å². The second-order valence-corrected chi connectivity index (χ2v) is 21.1. The molecule has 0 radical (unpaired) electrons. The maximum absolute atomic E-state index is 5.36. The van der Waals surface area contributed by atoms with Gasteiger partial charge in [-0.05, 0) is 39.1 Å². The van der Waals surface area contributed by atoms with Crippen LogP contribution in [0.15, 0.2) is 194 Å². The molecule has 5 heteroatoms. The summed E-state index contributed by atoms with van der Waals surface area (Å²) in [6, 6.07) is 68.5. The minimum atomic E-state index is -2.16. The van der Waals surface area contributed by atoms with Crippen molar-refractivity contribution in [2.75, 3.05) is 0 Å². The topological polar surface area (TPSA) is 30.2 Å². The molecule has 3 aromatic heterocycles. The quantitative estimate of drug-likeness (QED) is 0.0767. The summed E-state index contributed by atoms with van der Waals surface area (Å²) in [5, 5.41) is 16.0. The number of benzene rings is 9. The van der Waals surface area contributed by atoms with E-state index in [4.69, 9.17) is 9.97 Å². The average molecular weight is 809 g/mol. The Kier molecular flexibility index (Phi) is 7.22. The molecule has 0 spiro atoms. The van der Waals surface area contributed by atoms with E-state index in [2.05, 4.69) is 214 Å². The van der Waals surface area contributed by atoms with Crippen LogP contribution in [0.2, 0.25) is 0 Å². The van der Waals surface area contributed by atoms with Gasteiger partial charge in [-0.15, -0.1) is 0 Å². The summed E-state index contributed by atoms with van der Waals surface area (Å²) >= 11 is 3.77. The Bertz CT molecular complexity index is 3680. The number of nitrogens with zero attached hydrogens (tertiary/aromatic N) is 3. The molecule has 0 saturated carbocycles. The van der Waals surface area contributed by atoms with E-state index >= 15 is 0 Å². The van der Waals surface area contributed by atoms with E-state index < -0.39 is 5.51 Å². The van der Waals surface area contributed by atoms with E-state index in [-0.39, 0.29) is 0 Å². The molecule has 12 rings (SSSR count). The zero-order valence-electron chi connectivity index (χ0n) is 30.7. The van der Waals surface area contributed by atoms with Gasteiger partial charge >= 0.3 is 227 Å². The van der Waals surface area contributed by atoms with Gasteiger partial charge in [-0.3, -0.25) is 0 Å². The van der Waals surface area contributed by atoms with Gasteiger partial charge in [0.25, 0.3) is 0 Å². The second kappa shape index (κ2) is 12.5. The Morgan fingerprint density at radius 2 is 1.09 bits per heavy atom. The third-order valence-electron chi connectivity index (χ3n) is 11.8. The molecule has 0 bridgehead atoms. The van der Waals surface area contributed by atoms with Crippen LogP contribution in [0.1, 0.15) is 0 Å². The van der Waals surface area contributed by atoms with Crippen LogP contribution in [0.25, 0.3) is 92.7 Å². The number of rotatable bonds is 4. The molecule has 0 aliphatic heterocycles. The minimum absolute atomic E-state index is 0.974. The van der Waals surface area contributed by atoms with Crippen LogP contribution in [0.5, 0.6) is 0 Å². The molecule has 266 valence electrons. The zero-order chi connectivity index (χ0) is 37.7. The van der Waals surface area contributed by atoms with Crippen molar-refractivity contribution in [1.29, 1.82) is 0 Å². The Balaban J connectivity index is 1.05. The predicted octanol–water partition coefficient (Wildman–Crippen LogP) is 11.8. The van der Waals surface area contributed by atoms with Gasteiger partial charge in [-0.1, -0.05) is 60.7 Å². The van der Waals surface area contributed by atoms with Crippen molar-refractivity contribution in [2.24, 2.45) is 0 Å². The van der Waals surface area contributed by atoms with Crippen molar-refractivity contribution in [2.45, 2.75) is 0 Å². The molecule has 3 nitrogen and oxygen atoms in total. The van der Waals surface area contributed by atoms with Gasteiger partial charge in [0, 0.05) is 10.8 Å². The first kappa shape index (κ1) is 32.8. The van der Waals surface area contributed by atoms with Gasteiger partial charge in [-0.2, -0.15) is 0 Å². The van der Waals surface area contributed by atoms with Crippen molar-refractivity contribution < 1.29 is 0 Å². The molecular weight excluding hydrogens is 777 g/mol. The number of aromatic nitrogens is 3. The van der Waals surface area contributed by atoms with E-state index in [1.54, 1.807) is 0 Å². The van der Waals surface area contributed by atoms with Gasteiger partial charge in [0.2, 0.25) is 0 Å². The third kappa shape index (κ3) is 4.95. The number of pyridine rings is 2. The molecule has 1 unspecified atom stereocenters. The van der Waals surface area contributed by atoms with Crippen LogP contribution in [-0.2, 0) is 0 Å². The zero-order valence-corrected chi connectivity index (χ0v) is 33.3. The Morgan fingerprint density at radius 3 is 1.93 bits per heavy atom. The summed E-state index contributed by atoms with van der Waals surface area (Å²) in [7, 11) is 0. The van der Waals surface area contributed by atoms with Crippen LogP contribution < -0.4 is 15.9 Å². The van der Waals surface area contributed by atoms with Gasteiger partial charge in [0.05, 0.1) is 0 Å². The summed E-state index contributed by atoms with van der Waals surface area (Å²) in [4.78, 5) is 10.6. The summed E-state index contributed by atoms with van der Waals surface area (Å²) in [5.41, 5.74) is 5.29. The monoisotopic (exact) mass is 809 g/mol. The molecule has 0 saturated heterocycles. The maximum atomic E-state index is 5.36. The summed E-state index contributed by atoms with van der Waals surface area (Å²) < 4.78 is 2.39. The predicted molar refractivity (Wildman–Crippen MR) is 245 cm³/mol. The normalized spacial score (nSPS) is 13.1. The van der Waals surface area contributed by atoms with E-state index in [1.807, 2.05) is 0 Å². The van der Waals surface area contributed by atoms with E-state index in [0.29, 0.717) is 0 Å². The van der Waals surface area contributed by atoms with Crippen LogP contribution in [0.3, 0.4) is 0 Å². The third-order valence-corrected chi connectivity index (χ3v) is 18.8. The van der Waals surface area contributed by atoms with Gasteiger partial charge in [-0.25, -0.2) is 0 Å². The van der Waals surface area contributed by atoms with Crippen molar-refractivity contribution in [3.8, 4) is 11.1 Å². The van der Waals surface area contributed by atoms with Crippen molar-refractivity contribution in [3.05, 3.63) is 194 Å². The molecule has 0 aliphatic rings. The Labute approximate surface area is 336 Å². The molecule has 12 aromatic rings. The molecule has 1 atom stereocenters. The average Bonchev–Trinajstić information content (AvgIpc) is 3.67. The van der Waals surface area contributed by atoms with Crippen molar-refractivity contribution in [1.82, 2.24) is 14.4 Å². The first-order valence-corrected chi connectivity index (χ1v) is 23.3. The number of fused-ring (bicyclic) bond motifs is 13. The molecule has 0 fully saturated rings. The molecule has 9 aromatic carbocycles. The van der Waals surface area contributed by atoms with E-state index in [9.17, 15) is 0 Å². The fraction of sp³-hybridized carbons (Fsp3) is 0. The van der Waals surface area contributed by atoms with Gasteiger partial charge in [0.1, 0.15) is 0 Å². The first-order valence-electron chi connectivity index (χ1n) is 19.2. The second-order valence-electron chi connectivity index (χ2n) is 14.9. The van der Waals surface area contributed by atoms with Crippen molar-refractivity contribution in [3.63, 3.8) is 0 Å². The molecule has 0 aliphatic carbocycles. The van der Waals surface area contributed by atoms with Gasteiger partial charge in [0.15, 0.2) is 0 Å². The van der Waals surface area contributed by atoms with Crippen LogP contribution in [-0.4, -0.2) is 29.5 Å². The van der Waals surface area contributed by atoms with Gasteiger partial charge < -0.3 is 0 Å². The molecular formula is C52H32N3PSe.